The van der Waals surface area contributed by atoms with Crippen molar-refractivity contribution in [1.29, 1.82) is 5.26 Å². The number of hydrogen-bond donors (Lipinski definition) is 2. The average molecular weight is 383 g/mol. The Morgan fingerprint density at radius 1 is 1.15 bits per heavy atom. The van der Waals surface area contributed by atoms with Gasteiger partial charge in [-0.3, -0.25) is 4.79 Å². The molecule has 0 bridgehead atoms. The summed E-state index contributed by atoms with van der Waals surface area (Å²) < 4.78 is 3.98. The number of halogens is 1. The van der Waals surface area contributed by atoms with Gasteiger partial charge in [-0.15, -0.1) is 0 Å². The smallest absolute Gasteiger partial charge is 0.247 e. The first kappa shape index (κ1) is 17.9. The zero-order valence-corrected chi connectivity index (χ0v) is 15.2. The first-order valence-electron chi connectivity index (χ1n) is 7.89. The van der Waals surface area contributed by atoms with E-state index < -0.39 is 6.04 Å². The van der Waals surface area contributed by atoms with Crippen LogP contribution in [-0.2, 0) is 11.2 Å². The molecule has 1 heterocycles. The summed E-state index contributed by atoms with van der Waals surface area (Å²) in [5, 5.41) is 15.9. The normalized spacial score (nSPS) is 11.4. The van der Waals surface area contributed by atoms with Crippen molar-refractivity contribution in [1.82, 2.24) is 4.37 Å². The van der Waals surface area contributed by atoms with Crippen molar-refractivity contribution >= 4 is 39.7 Å². The maximum Gasteiger partial charge on any atom is 0.247 e. The Balaban J connectivity index is 1.83. The van der Waals surface area contributed by atoms with E-state index in [1.54, 1.807) is 0 Å². The van der Waals surface area contributed by atoms with Crippen LogP contribution in [0.5, 0.6) is 0 Å². The summed E-state index contributed by atoms with van der Waals surface area (Å²) in [5.41, 5.74) is 1.96. The molecule has 0 spiro atoms. The van der Waals surface area contributed by atoms with Crippen molar-refractivity contribution < 1.29 is 4.79 Å². The van der Waals surface area contributed by atoms with Crippen LogP contribution in [0.25, 0.3) is 0 Å². The van der Waals surface area contributed by atoms with E-state index in [1.807, 2.05) is 66.7 Å². The minimum Gasteiger partial charge on any atom is -0.363 e. The van der Waals surface area contributed by atoms with Gasteiger partial charge in [-0.25, -0.2) is 0 Å². The van der Waals surface area contributed by atoms with Gasteiger partial charge in [0, 0.05) is 12.1 Å². The lowest BCUT2D eigenvalue weighted by Crippen LogP contribution is -2.36. The van der Waals surface area contributed by atoms with Gasteiger partial charge in [0.15, 0.2) is 5.15 Å². The molecule has 0 fully saturated rings. The van der Waals surface area contributed by atoms with E-state index in [0.717, 1.165) is 17.1 Å². The number of carbonyl (C=O) groups excluding carboxylic acids is 1. The van der Waals surface area contributed by atoms with E-state index in [9.17, 15) is 10.1 Å². The number of benzene rings is 2. The van der Waals surface area contributed by atoms with Gasteiger partial charge in [0.2, 0.25) is 5.91 Å². The van der Waals surface area contributed by atoms with E-state index in [4.69, 9.17) is 11.6 Å². The van der Waals surface area contributed by atoms with Crippen molar-refractivity contribution in [2.24, 2.45) is 0 Å². The highest BCUT2D eigenvalue weighted by Gasteiger charge is 2.22. The van der Waals surface area contributed by atoms with E-state index in [1.165, 1.54) is 0 Å². The molecule has 0 radical (unpaired) electrons. The summed E-state index contributed by atoms with van der Waals surface area (Å²) in [7, 11) is 0. The molecular formula is C19H15ClN4OS. The van der Waals surface area contributed by atoms with E-state index >= 15 is 0 Å². The second kappa shape index (κ2) is 8.48. The topological polar surface area (TPSA) is 77.8 Å². The van der Waals surface area contributed by atoms with Gasteiger partial charge in [0.1, 0.15) is 22.7 Å². The fourth-order valence-corrected chi connectivity index (χ4v) is 3.42. The molecule has 2 aromatic carbocycles. The zero-order valence-electron chi connectivity index (χ0n) is 13.6. The molecule has 3 aromatic rings. The second-order valence-electron chi connectivity index (χ2n) is 5.53. The van der Waals surface area contributed by atoms with Gasteiger partial charge in [0.05, 0.1) is 0 Å². The van der Waals surface area contributed by atoms with Crippen LogP contribution in [0.15, 0.2) is 60.7 Å². The first-order chi connectivity index (χ1) is 12.7. The van der Waals surface area contributed by atoms with Crippen LogP contribution in [0.3, 0.4) is 0 Å². The van der Waals surface area contributed by atoms with Crippen LogP contribution in [0.1, 0.15) is 11.1 Å². The number of anilines is 2. The number of amides is 1. The molecule has 7 heteroatoms. The second-order valence-corrected chi connectivity index (χ2v) is 6.66. The van der Waals surface area contributed by atoms with Gasteiger partial charge in [-0.05, 0) is 29.2 Å². The summed E-state index contributed by atoms with van der Waals surface area (Å²) >= 11 is 7.00. The predicted molar refractivity (Wildman–Crippen MR) is 104 cm³/mol. The van der Waals surface area contributed by atoms with E-state index in [0.29, 0.717) is 17.1 Å². The number of nitriles is 1. The average Bonchev–Trinajstić information content (AvgIpc) is 3.02. The summed E-state index contributed by atoms with van der Waals surface area (Å²) in [6.45, 7) is 0. The number of nitrogens with zero attached hydrogens (tertiary/aromatic N) is 2. The van der Waals surface area contributed by atoms with Crippen LogP contribution in [0.2, 0.25) is 5.15 Å². The maximum atomic E-state index is 12.8. The molecule has 1 atom stereocenters. The Hall–Kier alpha value is -2.88. The van der Waals surface area contributed by atoms with Crippen molar-refractivity contribution in [3.05, 3.63) is 76.9 Å². The van der Waals surface area contributed by atoms with Crippen LogP contribution < -0.4 is 10.6 Å². The summed E-state index contributed by atoms with van der Waals surface area (Å²) in [6.07, 6.45) is 0.458. The number of nitrogens with one attached hydrogen (secondary N) is 2. The van der Waals surface area contributed by atoms with E-state index in [2.05, 4.69) is 15.0 Å². The number of rotatable bonds is 6. The molecule has 0 saturated carbocycles. The minimum atomic E-state index is -0.582. The van der Waals surface area contributed by atoms with Crippen LogP contribution in [0, 0.1) is 11.3 Å². The van der Waals surface area contributed by atoms with Gasteiger partial charge < -0.3 is 10.6 Å². The highest BCUT2D eigenvalue weighted by atomic mass is 35.5. The molecule has 3 rings (SSSR count). The zero-order chi connectivity index (χ0) is 18.4. The van der Waals surface area contributed by atoms with Crippen molar-refractivity contribution in [3.63, 3.8) is 0 Å². The number of hydrogen-bond acceptors (Lipinski definition) is 5. The maximum absolute atomic E-state index is 12.8. The highest BCUT2D eigenvalue weighted by molar-refractivity contribution is 7.10. The molecule has 5 nitrogen and oxygen atoms in total. The van der Waals surface area contributed by atoms with Gasteiger partial charge in [0.25, 0.3) is 0 Å². The molecule has 1 aromatic heterocycles. The lowest BCUT2D eigenvalue weighted by molar-refractivity contribution is -0.116. The summed E-state index contributed by atoms with van der Waals surface area (Å²) in [6, 6.07) is 20.3. The monoisotopic (exact) mass is 382 g/mol. The molecule has 2 N–H and O–H groups in total. The molecule has 130 valence electrons. The first-order valence-corrected chi connectivity index (χ1v) is 9.04. The number of carbonyl (C=O) groups is 1. The van der Waals surface area contributed by atoms with E-state index in [-0.39, 0.29) is 16.6 Å². The third-order valence-electron chi connectivity index (χ3n) is 3.71. The lowest BCUT2D eigenvalue weighted by Gasteiger charge is -2.19. The van der Waals surface area contributed by atoms with Crippen LogP contribution in [-0.4, -0.2) is 16.3 Å². The fourth-order valence-electron chi connectivity index (χ4n) is 2.43. The van der Waals surface area contributed by atoms with Crippen LogP contribution in [0.4, 0.5) is 10.7 Å². The fraction of sp³-hybridized carbons (Fsp3) is 0.105. The highest BCUT2D eigenvalue weighted by Crippen LogP contribution is 2.28. The minimum absolute atomic E-state index is 0.141. The Bertz CT molecular complexity index is 922. The van der Waals surface area contributed by atoms with Gasteiger partial charge in [-0.2, -0.15) is 9.64 Å². The molecule has 0 aliphatic rings. The Morgan fingerprint density at radius 2 is 1.81 bits per heavy atom. The Kier molecular flexibility index (Phi) is 5.84. The largest absolute Gasteiger partial charge is 0.363 e. The van der Waals surface area contributed by atoms with Gasteiger partial charge >= 0.3 is 0 Å². The summed E-state index contributed by atoms with van der Waals surface area (Å²) in [4.78, 5) is 12.8. The quantitative estimate of drug-likeness (QED) is 0.665. The van der Waals surface area contributed by atoms with Crippen molar-refractivity contribution in [2.45, 2.75) is 12.5 Å². The molecule has 0 aliphatic carbocycles. The third-order valence-corrected chi connectivity index (χ3v) is 4.86. The SMILES string of the molecule is N#Cc1c(Cl)nsc1N[C@H](Cc1ccccc1)C(=O)Nc1ccccc1. The molecule has 26 heavy (non-hydrogen) atoms. The Morgan fingerprint density at radius 3 is 2.46 bits per heavy atom. The van der Waals surface area contributed by atoms with Crippen molar-refractivity contribution in [2.75, 3.05) is 10.6 Å². The van der Waals surface area contributed by atoms with Crippen molar-refractivity contribution in [3.8, 4) is 6.07 Å². The predicted octanol–water partition coefficient (Wildman–Crippen LogP) is 4.33. The molecule has 0 unspecified atom stereocenters. The molecular weight excluding hydrogens is 368 g/mol. The number of para-hydroxylation sites is 1. The standard InChI is InChI=1S/C19H15ClN4OS/c20-17-15(12-21)19(26-24-17)23-16(11-13-7-3-1-4-8-13)18(25)22-14-9-5-2-6-10-14/h1-10,16,23H,11H2,(H,22,25)/t16-/m1/s1. The lowest BCUT2D eigenvalue weighted by atomic mass is 10.0. The molecule has 0 aliphatic heterocycles. The molecule has 1 amide bonds. The number of aromatic nitrogens is 1. The third kappa shape index (κ3) is 4.39. The van der Waals surface area contributed by atoms with Crippen LogP contribution >= 0.6 is 23.1 Å². The Labute approximate surface area is 160 Å². The van der Waals surface area contributed by atoms with Gasteiger partial charge in [-0.1, -0.05) is 60.1 Å². The molecule has 0 saturated heterocycles. The summed E-state index contributed by atoms with van der Waals surface area (Å²) in [5.74, 6) is -0.200.